The zero-order valence-electron chi connectivity index (χ0n) is 20.8. The van der Waals surface area contributed by atoms with E-state index in [1.54, 1.807) is 18.2 Å². The number of hydrogen-bond donors (Lipinski definition) is 2. The third-order valence-electron chi connectivity index (χ3n) is 8.62. The van der Waals surface area contributed by atoms with Gasteiger partial charge in [0.1, 0.15) is 11.6 Å². The second-order valence-electron chi connectivity index (χ2n) is 10.9. The zero-order chi connectivity index (χ0) is 24.9. The third kappa shape index (κ3) is 6.22. The maximum Gasteiger partial charge on any atom is 0.162 e. The molecule has 1 atom stereocenters. The number of benzene rings is 2. The number of hydrogen-bond acceptors (Lipinski definition) is 2. The van der Waals surface area contributed by atoms with E-state index in [-0.39, 0.29) is 35.4 Å². The molecule has 2 N–H and O–H groups in total. The summed E-state index contributed by atoms with van der Waals surface area (Å²) in [5.74, 6) is -0.910. The molecule has 0 heterocycles. The van der Waals surface area contributed by atoms with Gasteiger partial charge in [0.25, 0.3) is 0 Å². The van der Waals surface area contributed by atoms with Crippen LogP contribution in [0.5, 0.6) is 5.75 Å². The van der Waals surface area contributed by atoms with E-state index in [9.17, 15) is 19.0 Å². The Labute approximate surface area is 207 Å². The summed E-state index contributed by atoms with van der Waals surface area (Å²) in [5.41, 5.74) is 1.61. The Hall–Kier alpha value is -2.01. The van der Waals surface area contributed by atoms with Crippen LogP contribution in [0.4, 0.5) is 13.2 Å². The fourth-order valence-electron chi connectivity index (χ4n) is 6.43. The van der Waals surface area contributed by atoms with Crippen LogP contribution in [-0.2, 0) is 6.42 Å². The highest BCUT2D eigenvalue weighted by Gasteiger charge is 2.30. The Kier molecular flexibility index (Phi) is 8.80. The van der Waals surface area contributed by atoms with Gasteiger partial charge in [-0.15, -0.1) is 0 Å². The third-order valence-corrected chi connectivity index (χ3v) is 8.62. The lowest BCUT2D eigenvalue weighted by Crippen LogP contribution is -2.25. The molecule has 0 aliphatic heterocycles. The minimum Gasteiger partial charge on any atom is -0.508 e. The summed E-state index contributed by atoms with van der Waals surface area (Å²) in [6, 6.07) is 7.93. The molecule has 0 radical (unpaired) electrons. The number of phenolic OH excluding ortho intramolecular Hbond substituents is 1. The molecular formula is C30H39F3O2. The van der Waals surface area contributed by atoms with Crippen LogP contribution in [0.3, 0.4) is 0 Å². The minimum absolute atomic E-state index is 0.0270. The van der Waals surface area contributed by atoms with Gasteiger partial charge in [-0.2, -0.15) is 0 Å². The molecule has 2 aromatic rings. The molecular weight excluding hydrogens is 449 g/mol. The van der Waals surface area contributed by atoms with Gasteiger partial charge in [0, 0.05) is 6.07 Å². The lowest BCUT2D eigenvalue weighted by molar-refractivity contribution is 0.0727. The first-order valence-corrected chi connectivity index (χ1v) is 13.5. The largest absolute Gasteiger partial charge is 0.508 e. The molecule has 0 saturated heterocycles. The summed E-state index contributed by atoms with van der Waals surface area (Å²) < 4.78 is 44.2. The second kappa shape index (κ2) is 11.8. The number of aromatic hydroxyl groups is 1. The van der Waals surface area contributed by atoms with E-state index in [1.165, 1.54) is 12.1 Å². The Bertz CT molecular complexity index is 976. The van der Waals surface area contributed by atoms with Crippen molar-refractivity contribution in [2.24, 2.45) is 11.8 Å². The molecule has 0 aromatic heterocycles. The molecule has 0 spiro atoms. The molecule has 1 unspecified atom stereocenters. The van der Waals surface area contributed by atoms with Gasteiger partial charge in [0.2, 0.25) is 0 Å². The van der Waals surface area contributed by atoms with Crippen LogP contribution in [0.2, 0.25) is 0 Å². The molecule has 0 amide bonds. The van der Waals surface area contributed by atoms with E-state index < -0.39 is 11.6 Å². The van der Waals surface area contributed by atoms with Gasteiger partial charge in [-0.3, -0.25) is 0 Å². The molecule has 2 saturated carbocycles. The van der Waals surface area contributed by atoms with Crippen molar-refractivity contribution < 1.29 is 23.4 Å². The summed E-state index contributed by atoms with van der Waals surface area (Å²) in [4.78, 5) is 0. The number of phenols is 1. The molecule has 2 aliphatic rings. The van der Waals surface area contributed by atoms with E-state index in [0.29, 0.717) is 29.0 Å². The van der Waals surface area contributed by atoms with Gasteiger partial charge >= 0.3 is 0 Å². The average molecular weight is 489 g/mol. The van der Waals surface area contributed by atoms with Crippen molar-refractivity contribution in [1.29, 1.82) is 0 Å². The fraction of sp³-hybridized carbons (Fsp3) is 0.600. The lowest BCUT2D eigenvalue weighted by Gasteiger charge is -2.32. The fourth-order valence-corrected chi connectivity index (χ4v) is 6.43. The molecule has 2 nitrogen and oxygen atoms in total. The van der Waals surface area contributed by atoms with Crippen LogP contribution in [0, 0.1) is 29.3 Å². The minimum atomic E-state index is -0.699. The topological polar surface area (TPSA) is 40.5 Å². The molecule has 0 bridgehead atoms. The lowest BCUT2D eigenvalue weighted by atomic mass is 9.75. The van der Waals surface area contributed by atoms with Crippen LogP contribution < -0.4 is 0 Å². The van der Waals surface area contributed by atoms with E-state index in [0.717, 1.165) is 70.6 Å². The number of aliphatic hydroxyl groups excluding tert-OH is 1. The smallest absolute Gasteiger partial charge is 0.162 e. The van der Waals surface area contributed by atoms with Crippen molar-refractivity contribution in [3.8, 4) is 5.75 Å². The van der Waals surface area contributed by atoms with Gasteiger partial charge < -0.3 is 10.2 Å². The highest BCUT2D eigenvalue weighted by molar-refractivity contribution is 5.31. The molecule has 192 valence electrons. The second-order valence-corrected chi connectivity index (χ2v) is 10.9. The van der Waals surface area contributed by atoms with Crippen LogP contribution in [-0.4, -0.2) is 16.3 Å². The van der Waals surface area contributed by atoms with E-state index in [1.807, 2.05) is 0 Å². The van der Waals surface area contributed by atoms with Crippen LogP contribution in [0.15, 0.2) is 30.3 Å². The number of aliphatic hydroxyl groups is 1. The monoisotopic (exact) mass is 488 g/mol. The van der Waals surface area contributed by atoms with Crippen molar-refractivity contribution >= 4 is 0 Å². The van der Waals surface area contributed by atoms with Crippen LogP contribution >= 0.6 is 0 Å². The number of halogens is 3. The summed E-state index contributed by atoms with van der Waals surface area (Å²) >= 11 is 0. The SMILES string of the molecule is CCCC(O)C1CCC(c2ccc(CCC3CCC(c4ccc(O)cc4F)CC3)c(F)c2F)CC1. The standard InChI is InChI=1S/C30H39F3O2/c1-2-3-28(35)22-12-10-21(11-13-22)26-16-14-23(29(32)30(26)33)9-6-19-4-7-20(8-5-19)25-17-15-24(34)18-27(25)31/h14-22,28,34-35H,2-13H2,1H3. The van der Waals surface area contributed by atoms with E-state index >= 15 is 4.39 Å². The highest BCUT2D eigenvalue weighted by atomic mass is 19.2. The predicted octanol–water partition coefficient (Wildman–Crippen LogP) is 8.15. The van der Waals surface area contributed by atoms with Crippen molar-refractivity contribution in [1.82, 2.24) is 0 Å². The Balaban J connectivity index is 1.29. The van der Waals surface area contributed by atoms with E-state index in [4.69, 9.17) is 0 Å². The van der Waals surface area contributed by atoms with Gasteiger partial charge in [-0.05, 0) is 117 Å². The Morgan fingerprint density at radius 1 is 0.829 bits per heavy atom. The van der Waals surface area contributed by atoms with Gasteiger partial charge in [-0.1, -0.05) is 31.5 Å². The first kappa shape index (κ1) is 26.1. The number of rotatable bonds is 8. The van der Waals surface area contributed by atoms with Crippen molar-refractivity contribution in [3.05, 3.63) is 64.5 Å². The summed E-state index contributed by atoms with van der Waals surface area (Å²) in [7, 11) is 0. The average Bonchev–Trinajstić information content (AvgIpc) is 2.86. The maximum atomic E-state index is 15.0. The van der Waals surface area contributed by atoms with Gasteiger partial charge in [0.05, 0.1) is 6.10 Å². The zero-order valence-corrected chi connectivity index (χ0v) is 20.8. The first-order valence-electron chi connectivity index (χ1n) is 13.5. The maximum absolute atomic E-state index is 15.0. The van der Waals surface area contributed by atoms with Crippen molar-refractivity contribution in [2.45, 2.75) is 102 Å². The molecule has 35 heavy (non-hydrogen) atoms. The molecule has 4 rings (SSSR count). The van der Waals surface area contributed by atoms with Gasteiger partial charge in [0.15, 0.2) is 11.6 Å². The van der Waals surface area contributed by atoms with Crippen LogP contribution in [0.25, 0.3) is 0 Å². The highest BCUT2D eigenvalue weighted by Crippen LogP contribution is 2.41. The summed E-state index contributed by atoms with van der Waals surface area (Å²) in [6.07, 6.45) is 9.77. The van der Waals surface area contributed by atoms with E-state index in [2.05, 4.69) is 6.92 Å². The van der Waals surface area contributed by atoms with Gasteiger partial charge in [-0.25, -0.2) is 13.2 Å². The molecule has 2 aromatic carbocycles. The quantitative estimate of drug-likeness (QED) is 0.394. The van der Waals surface area contributed by atoms with Crippen LogP contribution in [0.1, 0.15) is 106 Å². The normalized spacial score (nSPS) is 26.0. The molecule has 5 heteroatoms. The van der Waals surface area contributed by atoms with Crippen molar-refractivity contribution in [2.75, 3.05) is 0 Å². The first-order chi connectivity index (χ1) is 16.9. The summed E-state index contributed by atoms with van der Waals surface area (Å²) in [6.45, 7) is 2.07. The summed E-state index contributed by atoms with van der Waals surface area (Å²) in [5, 5.41) is 19.7. The van der Waals surface area contributed by atoms with Crippen molar-refractivity contribution in [3.63, 3.8) is 0 Å². The Morgan fingerprint density at radius 2 is 1.46 bits per heavy atom. The predicted molar refractivity (Wildman–Crippen MR) is 133 cm³/mol. The Morgan fingerprint density at radius 3 is 2.11 bits per heavy atom. The number of aryl methyl sites for hydroxylation is 1. The molecule has 2 fully saturated rings. The molecule has 2 aliphatic carbocycles.